The average Bonchev–Trinajstić information content (AvgIpc) is 2.52. The molecule has 1 heterocycles. The lowest BCUT2D eigenvalue weighted by Crippen LogP contribution is -2.28. The molecular weight excluding hydrogens is 298 g/mol. The summed E-state index contributed by atoms with van der Waals surface area (Å²) in [6, 6.07) is 11.2. The molecule has 0 radical (unpaired) electrons. The lowest BCUT2D eigenvalue weighted by Gasteiger charge is -2.10. The molecular formula is C17H20ClN3O. The second-order valence-corrected chi connectivity index (χ2v) is 5.89. The Balaban J connectivity index is 1.99. The predicted octanol–water partition coefficient (Wildman–Crippen LogP) is 3.73. The molecule has 1 aromatic carbocycles. The van der Waals surface area contributed by atoms with Crippen LogP contribution in [0.25, 0.3) is 0 Å². The molecule has 2 N–H and O–H groups in total. The molecule has 1 amide bonds. The van der Waals surface area contributed by atoms with Crippen LogP contribution in [-0.4, -0.2) is 17.4 Å². The lowest BCUT2D eigenvalue weighted by atomic mass is 10.2. The van der Waals surface area contributed by atoms with Gasteiger partial charge >= 0.3 is 0 Å². The van der Waals surface area contributed by atoms with E-state index in [1.165, 1.54) is 0 Å². The third-order valence-electron chi connectivity index (χ3n) is 3.10. The van der Waals surface area contributed by atoms with Gasteiger partial charge in [0.15, 0.2) is 0 Å². The van der Waals surface area contributed by atoms with E-state index in [1.54, 1.807) is 12.3 Å². The van der Waals surface area contributed by atoms with Crippen LogP contribution in [0.2, 0.25) is 5.02 Å². The quantitative estimate of drug-likeness (QED) is 0.853. The standard InChI is InChI=1S/C17H20ClN3O/c1-12(2)10-21-17(22)16-9-14(7-8-19-16)20-11-13-5-3-4-6-15(13)18/h3-9,12H,10-11H2,1-2H3,(H,19,20)(H,21,22). The smallest absolute Gasteiger partial charge is 0.269 e. The number of amides is 1. The fourth-order valence-corrected chi connectivity index (χ4v) is 2.09. The van der Waals surface area contributed by atoms with Gasteiger partial charge in [0.1, 0.15) is 5.69 Å². The van der Waals surface area contributed by atoms with Crippen molar-refractivity contribution in [2.75, 3.05) is 11.9 Å². The minimum atomic E-state index is -0.157. The number of nitrogens with zero attached hydrogens (tertiary/aromatic N) is 1. The summed E-state index contributed by atoms with van der Waals surface area (Å²) in [6.45, 7) is 5.33. The molecule has 4 nitrogen and oxygen atoms in total. The Morgan fingerprint density at radius 2 is 2.05 bits per heavy atom. The van der Waals surface area contributed by atoms with Crippen LogP contribution < -0.4 is 10.6 Å². The molecule has 0 saturated heterocycles. The maximum atomic E-state index is 12.0. The molecule has 0 spiro atoms. The minimum absolute atomic E-state index is 0.157. The van der Waals surface area contributed by atoms with Crippen molar-refractivity contribution in [3.63, 3.8) is 0 Å². The molecule has 116 valence electrons. The molecule has 2 aromatic rings. The Hall–Kier alpha value is -2.07. The Bertz CT molecular complexity index is 643. The van der Waals surface area contributed by atoms with Crippen molar-refractivity contribution in [3.8, 4) is 0 Å². The number of rotatable bonds is 6. The van der Waals surface area contributed by atoms with Crippen LogP contribution in [0.1, 0.15) is 29.9 Å². The number of hydrogen-bond donors (Lipinski definition) is 2. The Morgan fingerprint density at radius 1 is 1.27 bits per heavy atom. The van der Waals surface area contributed by atoms with Crippen molar-refractivity contribution < 1.29 is 4.79 Å². The monoisotopic (exact) mass is 317 g/mol. The molecule has 0 atom stereocenters. The number of benzene rings is 1. The zero-order chi connectivity index (χ0) is 15.9. The molecule has 1 aromatic heterocycles. The van der Waals surface area contributed by atoms with Gasteiger partial charge in [-0.1, -0.05) is 43.6 Å². The van der Waals surface area contributed by atoms with Crippen LogP contribution in [0.4, 0.5) is 5.69 Å². The van der Waals surface area contributed by atoms with Gasteiger partial charge in [0.2, 0.25) is 0 Å². The molecule has 5 heteroatoms. The van der Waals surface area contributed by atoms with Gasteiger partial charge in [-0.05, 0) is 29.7 Å². The number of hydrogen-bond acceptors (Lipinski definition) is 3. The van der Waals surface area contributed by atoms with Crippen LogP contribution in [0.3, 0.4) is 0 Å². The number of halogens is 1. The van der Waals surface area contributed by atoms with E-state index < -0.39 is 0 Å². The van der Waals surface area contributed by atoms with Gasteiger partial charge in [-0.2, -0.15) is 0 Å². The highest BCUT2D eigenvalue weighted by atomic mass is 35.5. The molecule has 22 heavy (non-hydrogen) atoms. The number of carbonyl (C=O) groups is 1. The van der Waals surface area contributed by atoms with Crippen LogP contribution in [-0.2, 0) is 6.54 Å². The summed E-state index contributed by atoms with van der Waals surface area (Å²) in [5.74, 6) is 0.251. The van der Waals surface area contributed by atoms with Crippen molar-refractivity contribution >= 4 is 23.2 Å². The largest absolute Gasteiger partial charge is 0.381 e. The summed E-state index contributed by atoms with van der Waals surface area (Å²) in [5.41, 5.74) is 2.25. The van der Waals surface area contributed by atoms with Crippen molar-refractivity contribution in [3.05, 3.63) is 58.9 Å². The fourth-order valence-electron chi connectivity index (χ4n) is 1.89. The highest BCUT2D eigenvalue weighted by Gasteiger charge is 2.08. The zero-order valence-electron chi connectivity index (χ0n) is 12.8. The fraction of sp³-hybridized carbons (Fsp3) is 0.294. The van der Waals surface area contributed by atoms with E-state index in [0.717, 1.165) is 16.3 Å². The number of carbonyl (C=O) groups excluding carboxylic acids is 1. The number of pyridine rings is 1. The van der Waals surface area contributed by atoms with Crippen molar-refractivity contribution in [2.45, 2.75) is 20.4 Å². The van der Waals surface area contributed by atoms with Gasteiger partial charge in [-0.15, -0.1) is 0 Å². The lowest BCUT2D eigenvalue weighted by molar-refractivity contribution is 0.0944. The van der Waals surface area contributed by atoms with E-state index in [-0.39, 0.29) is 5.91 Å². The molecule has 2 rings (SSSR count). The summed E-state index contributed by atoms with van der Waals surface area (Å²) in [4.78, 5) is 16.1. The Kier molecular flexibility index (Phi) is 5.78. The second kappa shape index (κ2) is 7.80. The Morgan fingerprint density at radius 3 is 2.77 bits per heavy atom. The van der Waals surface area contributed by atoms with Gasteiger partial charge < -0.3 is 10.6 Å². The van der Waals surface area contributed by atoms with E-state index >= 15 is 0 Å². The maximum Gasteiger partial charge on any atom is 0.269 e. The third-order valence-corrected chi connectivity index (χ3v) is 3.47. The first-order valence-corrected chi connectivity index (χ1v) is 7.65. The van der Waals surface area contributed by atoms with Gasteiger partial charge in [-0.25, -0.2) is 0 Å². The zero-order valence-corrected chi connectivity index (χ0v) is 13.5. The van der Waals surface area contributed by atoms with Gasteiger partial charge in [0.05, 0.1) is 0 Å². The van der Waals surface area contributed by atoms with Crippen molar-refractivity contribution in [1.29, 1.82) is 0 Å². The molecule has 0 aliphatic heterocycles. The number of anilines is 1. The summed E-state index contributed by atoms with van der Waals surface area (Å²) in [6.07, 6.45) is 1.62. The van der Waals surface area contributed by atoms with Crippen molar-refractivity contribution in [2.24, 2.45) is 5.92 Å². The van der Waals surface area contributed by atoms with E-state index in [2.05, 4.69) is 29.5 Å². The van der Waals surface area contributed by atoms with E-state index in [9.17, 15) is 4.79 Å². The number of aromatic nitrogens is 1. The molecule has 0 aliphatic carbocycles. The first-order chi connectivity index (χ1) is 10.6. The first kappa shape index (κ1) is 16.3. The van der Waals surface area contributed by atoms with Gasteiger partial charge in [0.25, 0.3) is 5.91 Å². The molecule has 0 fully saturated rings. The van der Waals surface area contributed by atoms with Gasteiger partial charge in [0, 0.05) is 30.0 Å². The van der Waals surface area contributed by atoms with Crippen LogP contribution >= 0.6 is 11.6 Å². The molecule has 0 unspecified atom stereocenters. The van der Waals surface area contributed by atoms with Crippen molar-refractivity contribution in [1.82, 2.24) is 10.3 Å². The maximum absolute atomic E-state index is 12.0. The topological polar surface area (TPSA) is 54.0 Å². The average molecular weight is 318 g/mol. The van der Waals surface area contributed by atoms with E-state index in [0.29, 0.717) is 24.7 Å². The van der Waals surface area contributed by atoms with Gasteiger partial charge in [-0.3, -0.25) is 9.78 Å². The van der Waals surface area contributed by atoms with Crippen LogP contribution in [0.15, 0.2) is 42.6 Å². The van der Waals surface area contributed by atoms with Crippen LogP contribution in [0, 0.1) is 5.92 Å². The van der Waals surface area contributed by atoms with Crippen LogP contribution in [0.5, 0.6) is 0 Å². The number of nitrogens with one attached hydrogen (secondary N) is 2. The summed E-state index contributed by atoms with van der Waals surface area (Å²) < 4.78 is 0. The summed E-state index contributed by atoms with van der Waals surface area (Å²) >= 11 is 6.13. The Labute approximate surface area is 135 Å². The molecule has 0 aliphatic rings. The van der Waals surface area contributed by atoms with E-state index in [4.69, 9.17) is 11.6 Å². The highest BCUT2D eigenvalue weighted by molar-refractivity contribution is 6.31. The predicted molar refractivity (Wildman–Crippen MR) is 90.2 cm³/mol. The van der Waals surface area contributed by atoms with E-state index in [1.807, 2.05) is 30.3 Å². The summed E-state index contributed by atoms with van der Waals surface area (Å²) in [7, 11) is 0. The molecule has 0 saturated carbocycles. The molecule has 0 bridgehead atoms. The SMILES string of the molecule is CC(C)CNC(=O)c1cc(NCc2ccccc2Cl)ccn1. The summed E-state index contributed by atoms with van der Waals surface area (Å²) in [5, 5.41) is 6.84. The highest BCUT2D eigenvalue weighted by Crippen LogP contribution is 2.17. The normalized spacial score (nSPS) is 10.5. The first-order valence-electron chi connectivity index (χ1n) is 7.28. The third kappa shape index (κ3) is 4.74. The minimum Gasteiger partial charge on any atom is -0.381 e. The second-order valence-electron chi connectivity index (χ2n) is 5.48.